The standard InChI is InChI=1S/C12H22O5P2/c1-11(2)6-4-7-12(3)8-5-9-18(13,14)10-19(15,16)17/h5-6,8-9H,4,7,10H2,1-3H3,(H,13,14)(H2,15,16,17)/p-3/b9-5+,12-8+. The molecule has 0 aromatic heterocycles. The minimum absolute atomic E-state index is 0.778. The van der Waals surface area contributed by atoms with Crippen molar-refractivity contribution in [2.45, 2.75) is 33.6 Å². The molecular formula is C12H19O5P2-3. The van der Waals surface area contributed by atoms with Crippen LogP contribution < -0.4 is 14.7 Å². The van der Waals surface area contributed by atoms with Crippen LogP contribution in [0.5, 0.6) is 0 Å². The van der Waals surface area contributed by atoms with Gasteiger partial charge in [0.1, 0.15) is 0 Å². The normalized spacial score (nSPS) is 16.4. The summed E-state index contributed by atoms with van der Waals surface area (Å²) in [6, 6.07) is 0. The molecule has 0 radical (unpaired) electrons. The third-order valence-corrected chi connectivity index (χ3v) is 5.74. The van der Waals surface area contributed by atoms with Gasteiger partial charge in [-0.05, 0) is 39.4 Å². The van der Waals surface area contributed by atoms with Crippen molar-refractivity contribution in [3.05, 3.63) is 35.2 Å². The second-order valence-electron chi connectivity index (χ2n) is 4.65. The first-order valence-corrected chi connectivity index (χ1v) is 9.42. The van der Waals surface area contributed by atoms with Gasteiger partial charge in [0.25, 0.3) is 0 Å². The summed E-state index contributed by atoms with van der Waals surface area (Å²) < 4.78 is 21.7. The van der Waals surface area contributed by atoms with Gasteiger partial charge >= 0.3 is 0 Å². The van der Waals surface area contributed by atoms with Crippen molar-refractivity contribution in [3.8, 4) is 0 Å². The van der Waals surface area contributed by atoms with Crippen LogP contribution in [0, 0.1) is 0 Å². The van der Waals surface area contributed by atoms with Gasteiger partial charge in [0.15, 0.2) is 0 Å². The van der Waals surface area contributed by atoms with E-state index in [0.717, 1.165) is 24.2 Å². The Morgan fingerprint density at radius 2 is 1.68 bits per heavy atom. The minimum Gasteiger partial charge on any atom is -0.810 e. The maximum absolute atomic E-state index is 11.3. The molecule has 0 rings (SSSR count). The molecule has 0 aromatic rings. The molecule has 0 saturated heterocycles. The lowest BCUT2D eigenvalue weighted by molar-refractivity contribution is -0.312. The highest BCUT2D eigenvalue weighted by Crippen LogP contribution is 2.48. The molecular weight excluding hydrogens is 286 g/mol. The quantitative estimate of drug-likeness (QED) is 0.404. The molecule has 1 unspecified atom stereocenters. The summed E-state index contributed by atoms with van der Waals surface area (Å²) in [6.45, 7) is 5.85. The lowest BCUT2D eigenvalue weighted by Gasteiger charge is -2.34. The van der Waals surface area contributed by atoms with Crippen LogP contribution in [0.1, 0.15) is 33.6 Å². The second kappa shape index (κ2) is 7.98. The average Bonchev–Trinajstić information content (AvgIpc) is 2.12. The van der Waals surface area contributed by atoms with Crippen LogP contribution in [-0.2, 0) is 9.13 Å². The highest BCUT2D eigenvalue weighted by atomic mass is 31.2. The van der Waals surface area contributed by atoms with E-state index in [4.69, 9.17) is 0 Å². The van der Waals surface area contributed by atoms with Gasteiger partial charge in [0, 0.05) is 13.3 Å². The van der Waals surface area contributed by atoms with E-state index in [1.165, 1.54) is 11.6 Å². The van der Waals surface area contributed by atoms with Crippen LogP contribution in [-0.4, -0.2) is 5.90 Å². The molecule has 0 aliphatic carbocycles. The van der Waals surface area contributed by atoms with Crippen molar-refractivity contribution in [3.63, 3.8) is 0 Å². The summed E-state index contributed by atoms with van der Waals surface area (Å²) in [7, 11) is -9.32. The second-order valence-corrected chi connectivity index (χ2v) is 8.76. The highest BCUT2D eigenvalue weighted by Gasteiger charge is 2.04. The Bertz CT molecular complexity index is 467. The zero-order chi connectivity index (χ0) is 15.1. The SMILES string of the molecule is CC(C)=CCC/C(C)=C/C=C/P(=O)([O-])CP(=O)([O-])[O-]. The van der Waals surface area contributed by atoms with Crippen molar-refractivity contribution in [2.75, 3.05) is 5.90 Å². The van der Waals surface area contributed by atoms with Gasteiger partial charge in [0.2, 0.25) is 0 Å². The monoisotopic (exact) mass is 305 g/mol. The molecule has 0 bridgehead atoms. The third-order valence-electron chi connectivity index (χ3n) is 2.16. The Balaban J connectivity index is 4.44. The number of rotatable bonds is 7. The summed E-state index contributed by atoms with van der Waals surface area (Å²) >= 11 is 0. The fourth-order valence-corrected chi connectivity index (χ4v) is 3.96. The average molecular weight is 305 g/mol. The van der Waals surface area contributed by atoms with E-state index < -0.39 is 20.9 Å². The molecule has 0 amide bonds. The van der Waals surface area contributed by atoms with Gasteiger partial charge in [-0.15, -0.1) is 0 Å². The summed E-state index contributed by atoms with van der Waals surface area (Å²) in [4.78, 5) is 32.0. The van der Waals surface area contributed by atoms with Gasteiger partial charge in [-0.2, -0.15) is 0 Å². The lowest BCUT2D eigenvalue weighted by Crippen LogP contribution is -2.19. The van der Waals surface area contributed by atoms with Gasteiger partial charge in [-0.25, -0.2) is 0 Å². The Hall–Kier alpha value is -0.440. The Morgan fingerprint density at radius 3 is 2.16 bits per heavy atom. The summed E-state index contributed by atoms with van der Waals surface area (Å²) in [5, 5.41) is 0. The molecule has 110 valence electrons. The van der Waals surface area contributed by atoms with E-state index in [-0.39, 0.29) is 0 Å². The van der Waals surface area contributed by atoms with Gasteiger partial charge in [-0.1, -0.05) is 37.0 Å². The topological polar surface area (TPSA) is 103 Å². The van der Waals surface area contributed by atoms with Crippen molar-refractivity contribution >= 4 is 15.0 Å². The molecule has 0 aromatic carbocycles. The molecule has 0 fully saturated rings. The van der Waals surface area contributed by atoms with Crippen molar-refractivity contribution in [2.24, 2.45) is 0 Å². The molecule has 0 spiro atoms. The van der Waals surface area contributed by atoms with Crippen LogP contribution in [0.3, 0.4) is 0 Å². The van der Waals surface area contributed by atoms with E-state index >= 15 is 0 Å². The molecule has 0 N–H and O–H groups in total. The van der Waals surface area contributed by atoms with E-state index in [1.54, 1.807) is 6.08 Å². The Morgan fingerprint density at radius 1 is 1.11 bits per heavy atom. The zero-order valence-electron chi connectivity index (χ0n) is 11.4. The number of hydrogen-bond donors (Lipinski definition) is 0. The van der Waals surface area contributed by atoms with Crippen LogP contribution in [0.25, 0.3) is 0 Å². The molecule has 0 aliphatic heterocycles. The largest absolute Gasteiger partial charge is 0.810 e. The van der Waals surface area contributed by atoms with Crippen LogP contribution in [0.2, 0.25) is 0 Å². The maximum atomic E-state index is 11.3. The Kier molecular flexibility index (Phi) is 7.80. The molecule has 0 saturated carbocycles. The van der Waals surface area contributed by atoms with E-state index in [2.05, 4.69) is 6.08 Å². The first-order chi connectivity index (χ1) is 8.52. The molecule has 5 nitrogen and oxygen atoms in total. The molecule has 1 atom stereocenters. The lowest BCUT2D eigenvalue weighted by atomic mass is 10.1. The molecule has 19 heavy (non-hydrogen) atoms. The predicted octanol–water partition coefficient (Wildman–Crippen LogP) is 1.70. The summed E-state index contributed by atoms with van der Waals surface area (Å²) in [6.07, 6.45) is 6.60. The molecule has 0 heterocycles. The van der Waals surface area contributed by atoms with Crippen LogP contribution in [0.4, 0.5) is 0 Å². The zero-order valence-corrected chi connectivity index (χ0v) is 13.2. The Labute approximate surface area is 114 Å². The summed E-state index contributed by atoms with van der Waals surface area (Å²) in [5.74, 6) is -0.568. The predicted molar refractivity (Wildman–Crippen MR) is 71.6 cm³/mol. The van der Waals surface area contributed by atoms with Crippen LogP contribution in [0.15, 0.2) is 35.2 Å². The molecule has 7 heteroatoms. The van der Waals surface area contributed by atoms with Gasteiger partial charge < -0.3 is 23.8 Å². The third kappa shape index (κ3) is 12.3. The fourth-order valence-electron chi connectivity index (χ4n) is 1.30. The number of hydrogen-bond acceptors (Lipinski definition) is 5. The van der Waals surface area contributed by atoms with Crippen LogP contribution >= 0.6 is 15.0 Å². The van der Waals surface area contributed by atoms with E-state index in [1.807, 2.05) is 20.8 Å². The molecule has 0 aliphatic rings. The first-order valence-electron chi connectivity index (χ1n) is 5.81. The van der Waals surface area contributed by atoms with Crippen molar-refractivity contribution in [1.82, 2.24) is 0 Å². The number of allylic oxidation sites excluding steroid dienone is 5. The first kappa shape index (κ1) is 18.6. The smallest absolute Gasteiger partial charge is 0.0411 e. The highest BCUT2D eigenvalue weighted by molar-refractivity contribution is 7.72. The van der Waals surface area contributed by atoms with Gasteiger partial charge in [0.05, 0.1) is 0 Å². The maximum Gasteiger partial charge on any atom is 0.0411 e. The summed E-state index contributed by atoms with van der Waals surface area (Å²) in [5.41, 5.74) is 2.19. The minimum atomic E-state index is -5.04. The van der Waals surface area contributed by atoms with Crippen molar-refractivity contribution < 1.29 is 23.8 Å². The van der Waals surface area contributed by atoms with Gasteiger partial charge in [-0.3, -0.25) is 0 Å². The van der Waals surface area contributed by atoms with Crippen molar-refractivity contribution in [1.29, 1.82) is 0 Å². The van der Waals surface area contributed by atoms with E-state index in [0.29, 0.717) is 0 Å². The van der Waals surface area contributed by atoms with E-state index in [9.17, 15) is 23.8 Å². The fraction of sp³-hybridized carbons (Fsp3) is 0.500.